The molecule has 2 heterocycles. The molecule has 0 aromatic heterocycles. The fraction of sp³-hybridized carbons (Fsp3) is 0.815. The van der Waals surface area contributed by atoms with E-state index in [0.29, 0.717) is 25.1 Å². The number of aliphatic hydroxyl groups excluding tert-OH is 1. The summed E-state index contributed by atoms with van der Waals surface area (Å²) < 4.78 is 5.27. The van der Waals surface area contributed by atoms with E-state index in [2.05, 4.69) is 11.9 Å². The molecule has 0 aromatic rings. The summed E-state index contributed by atoms with van der Waals surface area (Å²) in [5.74, 6) is -0.567. The molecule has 0 radical (unpaired) electrons. The van der Waals surface area contributed by atoms with E-state index in [4.69, 9.17) is 4.74 Å². The van der Waals surface area contributed by atoms with Crippen molar-refractivity contribution in [1.29, 1.82) is 0 Å². The van der Waals surface area contributed by atoms with Crippen molar-refractivity contribution in [1.82, 2.24) is 0 Å². The molecule has 0 spiro atoms. The van der Waals surface area contributed by atoms with Crippen molar-refractivity contribution >= 4 is 17.5 Å². The minimum atomic E-state index is -0.818. The number of nitrogens with zero attached hydrogens (tertiary/aromatic N) is 1. The van der Waals surface area contributed by atoms with Gasteiger partial charge in [0.05, 0.1) is 12.1 Å². The summed E-state index contributed by atoms with van der Waals surface area (Å²) in [6.45, 7) is 2.95. The third kappa shape index (κ3) is 9.87. The van der Waals surface area contributed by atoms with Gasteiger partial charge in [-0.1, -0.05) is 90.4 Å². The summed E-state index contributed by atoms with van der Waals surface area (Å²) in [5.41, 5.74) is 0.847. The Balaban J connectivity index is 1.48. The van der Waals surface area contributed by atoms with Gasteiger partial charge in [0.1, 0.15) is 17.1 Å². The van der Waals surface area contributed by atoms with Gasteiger partial charge in [0.15, 0.2) is 6.10 Å². The third-order valence-corrected chi connectivity index (χ3v) is 6.65. The van der Waals surface area contributed by atoms with E-state index in [1.54, 1.807) is 0 Å². The Morgan fingerprint density at radius 1 is 0.906 bits per heavy atom. The summed E-state index contributed by atoms with van der Waals surface area (Å²) in [6, 6.07) is 0. The molecule has 2 rings (SSSR count). The van der Waals surface area contributed by atoms with Crippen LogP contribution in [-0.4, -0.2) is 35.2 Å². The highest BCUT2D eigenvalue weighted by Gasteiger charge is 2.37. The minimum absolute atomic E-state index is 0.0557. The molecule has 5 nitrogen and oxygen atoms in total. The van der Waals surface area contributed by atoms with E-state index in [1.807, 2.05) is 0 Å². The number of hydrogen-bond acceptors (Lipinski definition) is 5. The maximum atomic E-state index is 12.3. The highest BCUT2D eigenvalue weighted by atomic mass is 16.6. The van der Waals surface area contributed by atoms with Gasteiger partial charge in [0.25, 0.3) is 0 Å². The molecule has 2 aliphatic heterocycles. The van der Waals surface area contributed by atoms with Crippen molar-refractivity contribution < 1.29 is 19.4 Å². The zero-order chi connectivity index (χ0) is 23.0. The predicted molar refractivity (Wildman–Crippen MR) is 130 cm³/mol. The molecule has 5 heteroatoms. The van der Waals surface area contributed by atoms with Gasteiger partial charge in [-0.3, -0.25) is 9.79 Å². The first-order valence-electron chi connectivity index (χ1n) is 13.3. The second-order valence-corrected chi connectivity index (χ2v) is 9.53. The molecule has 0 aromatic carbocycles. The van der Waals surface area contributed by atoms with Crippen LogP contribution in [0.4, 0.5) is 0 Å². The molecule has 0 fully saturated rings. The number of ketones is 1. The van der Waals surface area contributed by atoms with Crippen molar-refractivity contribution in [2.24, 2.45) is 4.99 Å². The first-order chi connectivity index (χ1) is 15.6. The molecule has 0 amide bonds. The lowest BCUT2D eigenvalue weighted by Gasteiger charge is -2.10. The molecule has 182 valence electrons. The maximum absolute atomic E-state index is 12.3. The fourth-order valence-corrected chi connectivity index (χ4v) is 4.64. The van der Waals surface area contributed by atoms with Gasteiger partial charge < -0.3 is 9.84 Å². The quantitative estimate of drug-likeness (QED) is 0.178. The lowest BCUT2D eigenvalue weighted by Crippen LogP contribution is -2.17. The SMILES string of the molecule is CCCCCCCCCCCCCCCCC(=O)C[C@H]1OC(=O)C(C2=NCCCC2)=C1O. The second kappa shape index (κ2) is 16.0. The Kier molecular flexibility index (Phi) is 13.3. The van der Waals surface area contributed by atoms with Crippen LogP contribution in [0, 0.1) is 0 Å². The molecule has 2 aliphatic rings. The standard InChI is InChI=1S/C27H45NO4/c1-2-3-4-5-6-7-8-9-10-11-12-13-14-15-18-22(29)21-24-26(30)25(27(31)32-24)23-19-16-17-20-28-23/h24,30H,2-21H2,1H3/t24-/m1/s1. The third-order valence-electron chi connectivity index (χ3n) is 6.65. The van der Waals surface area contributed by atoms with Gasteiger partial charge in [-0.05, 0) is 25.7 Å². The zero-order valence-corrected chi connectivity index (χ0v) is 20.3. The van der Waals surface area contributed by atoms with E-state index in [9.17, 15) is 14.7 Å². The van der Waals surface area contributed by atoms with E-state index in [-0.39, 0.29) is 23.5 Å². The van der Waals surface area contributed by atoms with Crippen LogP contribution in [0.25, 0.3) is 0 Å². The molecule has 1 N–H and O–H groups in total. The highest BCUT2D eigenvalue weighted by Crippen LogP contribution is 2.28. The molecule has 0 unspecified atom stereocenters. The summed E-state index contributed by atoms with van der Waals surface area (Å²) in [5, 5.41) is 10.4. The Bertz CT molecular complexity index is 638. The van der Waals surface area contributed by atoms with Crippen LogP contribution in [0.5, 0.6) is 0 Å². The van der Waals surface area contributed by atoms with Gasteiger partial charge in [-0.25, -0.2) is 4.79 Å². The molecular formula is C27H45NO4. The largest absolute Gasteiger partial charge is 0.507 e. The second-order valence-electron chi connectivity index (χ2n) is 9.53. The number of Topliss-reactive ketones (excluding diaryl/α,β-unsaturated/α-hetero) is 1. The monoisotopic (exact) mass is 447 g/mol. The van der Waals surface area contributed by atoms with Crippen molar-refractivity contribution in [2.45, 2.75) is 135 Å². The van der Waals surface area contributed by atoms with E-state index in [0.717, 1.165) is 25.7 Å². The van der Waals surface area contributed by atoms with Crippen molar-refractivity contribution in [3.05, 3.63) is 11.3 Å². The number of carbonyl (C=O) groups excluding carboxylic acids is 2. The van der Waals surface area contributed by atoms with Crippen LogP contribution in [-0.2, 0) is 14.3 Å². The van der Waals surface area contributed by atoms with Crippen molar-refractivity contribution in [2.75, 3.05) is 6.54 Å². The van der Waals surface area contributed by atoms with Gasteiger partial charge in [-0.15, -0.1) is 0 Å². The maximum Gasteiger partial charge on any atom is 0.344 e. The van der Waals surface area contributed by atoms with Crippen molar-refractivity contribution in [3.8, 4) is 0 Å². The van der Waals surface area contributed by atoms with Crippen LogP contribution in [0.2, 0.25) is 0 Å². The van der Waals surface area contributed by atoms with Crippen LogP contribution in [0.15, 0.2) is 16.3 Å². The summed E-state index contributed by atoms with van der Waals surface area (Å²) in [4.78, 5) is 28.8. The molecule has 32 heavy (non-hydrogen) atoms. The number of rotatable bonds is 18. The van der Waals surface area contributed by atoms with Gasteiger partial charge in [-0.2, -0.15) is 0 Å². The van der Waals surface area contributed by atoms with Gasteiger partial charge in [0.2, 0.25) is 0 Å². The number of aliphatic imine (C=N–C) groups is 1. The molecule has 0 bridgehead atoms. The first kappa shape index (κ1) is 26.6. The van der Waals surface area contributed by atoms with Crippen LogP contribution in [0.1, 0.15) is 129 Å². The molecular weight excluding hydrogens is 402 g/mol. The van der Waals surface area contributed by atoms with Gasteiger partial charge >= 0.3 is 5.97 Å². The number of aliphatic hydroxyl groups is 1. The molecule has 0 aliphatic carbocycles. The molecule has 0 saturated heterocycles. The van der Waals surface area contributed by atoms with E-state index in [1.165, 1.54) is 77.0 Å². The average molecular weight is 448 g/mol. The average Bonchev–Trinajstić information content (AvgIpc) is 3.07. The number of unbranched alkanes of at least 4 members (excludes halogenated alkanes) is 13. The highest BCUT2D eigenvalue weighted by molar-refractivity contribution is 6.21. The number of esters is 1. The minimum Gasteiger partial charge on any atom is -0.507 e. The Hall–Kier alpha value is -1.65. The first-order valence-corrected chi connectivity index (χ1v) is 13.3. The predicted octanol–water partition coefficient (Wildman–Crippen LogP) is 7.18. The Morgan fingerprint density at radius 2 is 1.47 bits per heavy atom. The van der Waals surface area contributed by atoms with Crippen LogP contribution < -0.4 is 0 Å². The topological polar surface area (TPSA) is 76.0 Å². The summed E-state index contributed by atoms with van der Waals surface area (Å²) in [6.07, 6.45) is 20.5. The lowest BCUT2D eigenvalue weighted by molar-refractivity contribution is -0.141. The number of cyclic esters (lactones) is 1. The summed E-state index contributed by atoms with van der Waals surface area (Å²) >= 11 is 0. The van der Waals surface area contributed by atoms with Gasteiger partial charge in [0, 0.05) is 13.0 Å². The van der Waals surface area contributed by atoms with Crippen LogP contribution in [0.3, 0.4) is 0 Å². The van der Waals surface area contributed by atoms with Crippen molar-refractivity contribution in [3.63, 3.8) is 0 Å². The van der Waals surface area contributed by atoms with Crippen LogP contribution >= 0.6 is 0 Å². The number of hydrogen-bond donors (Lipinski definition) is 1. The molecule has 0 saturated carbocycles. The summed E-state index contributed by atoms with van der Waals surface area (Å²) in [7, 11) is 0. The number of ether oxygens (including phenoxy) is 1. The number of carbonyl (C=O) groups is 2. The fourth-order valence-electron chi connectivity index (χ4n) is 4.64. The van der Waals surface area contributed by atoms with E-state index >= 15 is 0 Å². The molecule has 1 atom stereocenters. The normalized spacial score (nSPS) is 18.7. The lowest BCUT2D eigenvalue weighted by atomic mass is 9.99. The Labute approximate surface area is 195 Å². The smallest absolute Gasteiger partial charge is 0.344 e. The zero-order valence-electron chi connectivity index (χ0n) is 20.3. The Morgan fingerprint density at radius 3 is 2.00 bits per heavy atom. The van der Waals surface area contributed by atoms with E-state index < -0.39 is 12.1 Å².